The second-order valence-electron chi connectivity index (χ2n) is 5.63. The fourth-order valence-electron chi connectivity index (χ4n) is 2.43. The first-order chi connectivity index (χ1) is 10.7. The summed E-state index contributed by atoms with van der Waals surface area (Å²) in [5, 5.41) is 10.9. The molecule has 1 N–H and O–H groups in total. The lowest BCUT2D eigenvalue weighted by molar-refractivity contribution is 0.0820. The van der Waals surface area contributed by atoms with Gasteiger partial charge in [0.2, 0.25) is 0 Å². The van der Waals surface area contributed by atoms with E-state index >= 15 is 0 Å². The van der Waals surface area contributed by atoms with Crippen LogP contribution in [0.4, 0.5) is 0 Å². The molecule has 0 unspecified atom stereocenters. The first-order valence-electron chi connectivity index (χ1n) is 7.04. The highest BCUT2D eigenvalue weighted by molar-refractivity contribution is 7.90. The van der Waals surface area contributed by atoms with Crippen LogP contribution in [0.25, 0.3) is 0 Å². The van der Waals surface area contributed by atoms with Gasteiger partial charge in [-0.1, -0.05) is 41.9 Å². The van der Waals surface area contributed by atoms with Crippen LogP contribution in [0.1, 0.15) is 18.1 Å². The minimum Gasteiger partial charge on any atom is -0.497 e. The van der Waals surface area contributed by atoms with E-state index in [9.17, 15) is 13.5 Å². The minimum atomic E-state index is -3.53. The molecule has 2 rings (SSSR count). The molecule has 0 saturated carbocycles. The van der Waals surface area contributed by atoms with E-state index in [1.165, 1.54) is 6.92 Å². The molecule has 0 aliphatic heterocycles. The van der Waals surface area contributed by atoms with Crippen LogP contribution < -0.4 is 4.74 Å². The number of halogens is 1. The summed E-state index contributed by atoms with van der Waals surface area (Å²) in [6, 6.07) is 13.5. The summed E-state index contributed by atoms with van der Waals surface area (Å²) in [7, 11) is -1.98. The largest absolute Gasteiger partial charge is 0.497 e. The summed E-state index contributed by atoms with van der Waals surface area (Å²) in [5.41, 5.74) is -0.510. The molecule has 0 spiro atoms. The van der Waals surface area contributed by atoms with E-state index in [0.717, 1.165) is 0 Å². The van der Waals surface area contributed by atoms with Crippen molar-refractivity contribution in [3.8, 4) is 5.75 Å². The molecular weight excluding hydrogens is 336 g/mol. The zero-order valence-electron chi connectivity index (χ0n) is 13.0. The molecule has 6 heteroatoms. The second kappa shape index (κ2) is 6.91. The number of rotatable bonds is 6. The third-order valence-electron chi connectivity index (χ3n) is 3.50. The van der Waals surface area contributed by atoms with Gasteiger partial charge in [0.1, 0.15) is 11.4 Å². The van der Waals surface area contributed by atoms with Crippen molar-refractivity contribution < 1.29 is 18.3 Å². The molecule has 4 nitrogen and oxygen atoms in total. The van der Waals surface area contributed by atoms with Crippen molar-refractivity contribution in [2.45, 2.75) is 18.3 Å². The highest BCUT2D eigenvalue weighted by atomic mass is 35.5. The molecule has 23 heavy (non-hydrogen) atoms. The average molecular weight is 355 g/mol. The van der Waals surface area contributed by atoms with Gasteiger partial charge < -0.3 is 9.84 Å². The first kappa shape index (κ1) is 17.8. The van der Waals surface area contributed by atoms with E-state index in [0.29, 0.717) is 21.9 Å². The van der Waals surface area contributed by atoms with Gasteiger partial charge in [0, 0.05) is 10.6 Å². The molecule has 0 aromatic heterocycles. The maximum atomic E-state index is 12.4. The molecule has 124 valence electrons. The highest BCUT2D eigenvalue weighted by Gasteiger charge is 2.32. The molecule has 0 amide bonds. The Bertz CT molecular complexity index is 767. The quantitative estimate of drug-likeness (QED) is 0.865. The van der Waals surface area contributed by atoms with E-state index < -0.39 is 21.2 Å². The van der Waals surface area contributed by atoms with Crippen molar-refractivity contribution in [1.82, 2.24) is 0 Å². The number of methoxy groups -OCH3 is 1. The lowest BCUT2D eigenvalue weighted by Gasteiger charge is -2.24. The van der Waals surface area contributed by atoms with Gasteiger partial charge in [-0.15, -0.1) is 0 Å². The van der Waals surface area contributed by atoms with Gasteiger partial charge >= 0.3 is 0 Å². The van der Waals surface area contributed by atoms with Gasteiger partial charge in [-0.05, 0) is 30.7 Å². The zero-order chi connectivity index (χ0) is 17.1. The monoisotopic (exact) mass is 354 g/mol. The van der Waals surface area contributed by atoms with Crippen molar-refractivity contribution in [3.05, 3.63) is 64.7 Å². The van der Waals surface area contributed by atoms with Crippen molar-refractivity contribution >= 4 is 21.4 Å². The van der Waals surface area contributed by atoms with Crippen molar-refractivity contribution in [2.24, 2.45) is 0 Å². The Balaban J connectivity index is 2.18. The van der Waals surface area contributed by atoms with Crippen molar-refractivity contribution in [3.63, 3.8) is 0 Å². The highest BCUT2D eigenvalue weighted by Crippen LogP contribution is 2.30. The fraction of sp³-hybridized carbons (Fsp3) is 0.294. The molecule has 0 aliphatic rings. The fourth-order valence-corrected chi connectivity index (χ4v) is 4.58. The third-order valence-corrected chi connectivity index (χ3v) is 5.61. The number of ether oxygens (including phenoxy) is 1. The Morgan fingerprint density at radius 2 is 1.74 bits per heavy atom. The van der Waals surface area contributed by atoms with Crippen LogP contribution in [0.15, 0.2) is 48.5 Å². The van der Waals surface area contributed by atoms with E-state index in [1.54, 1.807) is 55.6 Å². The Morgan fingerprint density at radius 1 is 1.13 bits per heavy atom. The van der Waals surface area contributed by atoms with Crippen LogP contribution in [0.3, 0.4) is 0 Å². The second-order valence-corrected chi connectivity index (χ2v) is 8.11. The predicted octanol–water partition coefficient (Wildman–Crippen LogP) is 3.17. The smallest absolute Gasteiger partial charge is 0.157 e. The van der Waals surface area contributed by atoms with Gasteiger partial charge in [-0.2, -0.15) is 0 Å². The molecule has 2 aromatic carbocycles. The normalized spacial score (nSPS) is 14.3. The molecule has 0 radical (unpaired) electrons. The molecular formula is C17H19ClO4S. The predicted molar refractivity (Wildman–Crippen MR) is 91.5 cm³/mol. The minimum absolute atomic E-state index is 0.155. The number of hydrogen-bond donors (Lipinski definition) is 1. The summed E-state index contributed by atoms with van der Waals surface area (Å²) in [5.74, 6) is 0.0992. The van der Waals surface area contributed by atoms with Gasteiger partial charge in [-0.25, -0.2) is 8.42 Å². The molecule has 2 aromatic rings. The topological polar surface area (TPSA) is 63.6 Å². The van der Waals surface area contributed by atoms with Crippen molar-refractivity contribution in [1.29, 1.82) is 0 Å². The summed E-state index contributed by atoms with van der Waals surface area (Å²) >= 11 is 6.06. The third kappa shape index (κ3) is 4.70. The Hall–Kier alpha value is -1.56. The standard InChI is InChI=1S/C17H19ClO4S/c1-17(19,15-5-3-4-6-16(15)18)12-23(20,21)11-13-7-9-14(22-2)10-8-13/h3-10,19H,11-12H2,1-2H3/t17-/m0/s1. The molecule has 1 atom stereocenters. The van der Waals surface area contributed by atoms with Gasteiger partial charge in [-0.3, -0.25) is 0 Å². The first-order valence-corrected chi connectivity index (χ1v) is 9.24. The Kier molecular flexibility index (Phi) is 5.34. The summed E-state index contributed by atoms with van der Waals surface area (Å²) in [6.45, 7) is 1.46. The number of benzene rings is 2. The van der Waals surface area contributed by atoms with E-state index in [4.69, 9.17) is 16.3 Å². The SMILES string of the molecule is COc1ccc(CS(=O)(=O)C[C@](C)(O)c2ccccc2Cl)cc1. The maximum Gasteiger partial charge on any atom is 0.157 e. The molecule has 0 aliphatic carbocycles. The lowest BCUT2D eigenvalue weighted by atomic mass is 9.98. The molecule has 0 heterocycles. The van der Waals surface area contributed by atoms with Gasteiger partial charge in [0.15, 0.2) is 9.84 Å². The molecule has 0 saturated heterocycles. The Morgan fingerprint density at radius 3 is 2.30 bits per heavy atom. The maximum absolute atomic E-state index is 12.4. The van der Waals surface area contributed by atoms with E-state index in [-0.39, 0.29) is 5.75 Å². The number of sulfone groups is 1. The van der Waals surface area contributed by atoms with Crippen LogP contribution in [0, 0.1) is 0 Å². The molecule has 0 fully saturated rings. The molecule has 0 bridgehead atoms. The summed E-state index contributed by atoms with van der Waals surface area (Å²) < 4.78 is 29.9. The summed E-state index contributed by atoms with van der Waals surface area (Å²) in [4.78, 5) is 0. The van der Waals surface area contributed by atoms with E-state index in [1.807, 2.05) is 0 Å². The van der Waals surface area contributed by atoms with Crippen LogP contribution in [0.5, 0.6) is 5.75 Å². The van der Waals surface area contributed by atoms with E-state index in [2.05, 4.69) is 0 Å². The van der Waals surface area contributed by atoms with Crippen LogP contribution in [-0.4, -0.2) is 26.4 Å². The zero-order valence-corrected chi connectivity index (χ0v) is 14.6. The van der Waals surface area contributed by atoms with Crippen molar-refractivity contribution in [2.75, 3.05) is 12.9 Å². The number of hydrogen-bond acceptors (Lipinski definition) is 4. The van der Waals surface area contributed by atoms with Crippen LogP contribution in [-0.2, 0) is 21.2 Å². The van der Waals surface area contributed by atoms with Crippen LogP contribution in [0.2, 0.25) is 5.02 Å². The Labute approximate surface area is 141 Å². The summed E-state index contributed by atoms with van der Waals surface area (Å²) in [6.07, 6.45) is 0. The lowest BCUT2D eigenvalue weighted by Crippen LogP contribution is -2.32. The average Bonchev–Trinajstić information content (AvgIpc) is 2.46. The van der Waals surface area contributed by atoms with Crippen LogP contribution >= 0.6 is 11.6 Å². The van der Waals surface area contributed by atoms with Gasteiger partial charge in [0.05, 0.1) is 18.6 Å². The number of aliphatic hydroxyl groups is 1. The van der Waals surface area contributed by atoms with Gasteiger partial charge in [0.25, 0.3) is 0 Å².